The van der Waals surface area contributed by atoms with Crippen LogP contribution >= 0.6 is 0 Å². The Morgan fingerprint density at radius 1 is 1.07 bits per heavy atom. The van der Waals surface area contributed by atoms with Crippen LogP contribution in [0.25, 0.3) is 0 Å². The van der Waals surface area contributed by atoms with Crippen molar-refractivity contribution < 1.29 is 23.9 Å². The van der Waals surface area contributed by atoms with Crippen LogP contribution in [0.2, 0.25) is 0 Å². The summed E-state index contributed by atoms with van der Waals surface area (Å²) in [6.07, 6.45) is -0.969. The molecule has 27 heavy (non-hydrogen) atoms. The van der Waals surface area contributed by atoms with Gasteiger partial charge < -0.3 is 20.5 Å². The van der Waals surface area contributed by atoms with E-state index >= 15 is 0 Å². The van der Waals surface area contributed by atoms with Crippen LogP contribution < -0.4 is 15.8 Å². The molecule has 2 aromatic rings. The van der Waals surface area contributed by atoms with Gasteiger partial charge in [0, 0.05) is 5.69 Å². The van der Waals surface area contributed by atoms with Crippen molar-refractivity contribution in [1.29, 1.82) is 0 Å². The molecule has 0 heterocycles. The quantitative estimate of drug-likeness (QED) is 0.728. The number of primary amides is 1. The van der Waals surface area contributed by atoms with Crippen LogP contribution in [0, 0.1) is 13.8 Å². The van der Waals surface area contributed by atoms with E-state index in [0.29, 0.717) is 11.4 Å². The van der Waals surface area contributed by atoms with E-state index in [9.17, 15) is 14.4 Å². The van der Waals surface area contributed by atoms with E-state index in [2.05, 4.69) is 5.32 Å². The normalized spacial score (nSPS) is 11.4. The summed E-state index contributed by atoms with van der Waals surface area (Å²) in [4.78, 5) is 35.1. The molecule has 7 heteroatoms. The number of esters is 1. The van der Waals surface area contributed by atoms with Crippen LogP contribution in [0.5, 0.6) is 5.75 Å². The zero-order valence-electron chi connectivity index (χ0n) is 15.4. The topological polar surface area (TPSA) is 108 Å². The molecule has 0 aromatic heterocycles. The predicted octanol–water partition coefficient (Wildman–Crippen LogP) is 2.35. The molecule has 0 aliphatic rings. The van der Waals surface area contributed by atoms with E-state index in [0.717, 1.165) is 11.1 Å². The lowest BCUT2D eigenvalue weighted by molar-refractivity contribution is -0.123. The van der Waals surface area contributed by atoms with Gasteiger partial charge in [-0.05, 0) is 56.7 Å². The second kappa shape index (κ2) is 8.84. The smallest absolute Gasteiger partial charge is 0.338 e. The summed E-state index contributed by atoms with van der Waals surface area (Å²) >= 11 is 0. The Labute approximate surface area is 157 Å². The minimum atomic E-state index is -0.969. The summed E-state index contributed by atoms with van der Waals surface area (Å²) < 4.78 is 10.3. The van der Waals surface area contributed by atoms with Gasteiger partial charge in [0.05, 0.1) is 5.56 Å². The van der Waals surface area contributed by atoms with Crippen molar-refractivity contribution in [2.24, 2.45) is 5.73 Å². The molecule has 0 radical (unpaired) electrons. The summed E-state index contributed by atoms with van der Waals surface area (Å²) in [5.74, 6) is -1.26. The van der Waals surface area contributed by atoms with Gasteiger partial charge in [0.25, 0.3) is 11.8 Å². The Hall–Kier alpha value is -3.35. The predicted molar refractivity (Wildman–Crippen MR) is 101 cm³/mol. The van der Waals surface area contributed by atoms with Gasteiger partial charge in [0.2, 0.25) is 0 Å². The maximum absolute atomic E-state index is 12.3. The summed E-state index contributed by atoms with van der Waals surface area (Å²) in [5, 5.41) is 2.75. The van der Waals surface area contributed by atoms with Crippen molar-refractivity contribution in [3.05, 3.63) is 59.2 Å². The molecule has 2 rings (SSSR count). The van der Waals surface area contributed by atoms with Gasteiger partial charge in [0.15, 0.2) is 12.7 Å². The minimum absolute atomic E-state index is 0.251. The second-order valence-corrected chi connectivity index (χ2v) is 6.13. The van der Waals surface area contributed by atoms with Crippen molar-refractivity contribution in [3.8, 4) is 5.75 Å². The Morgan fingerprint density at radius 3 is 2.33 bits per heavy atom. The number of nitrogens with one attached hydrogen (secondary N) is 1. The monoisotopic (exact) mass is 370 g/mol. The highest BCUT2D eigenvalue weighted by atomic mass is 16.5. The molecule has 0 spiro atoms. The van der Waals surface area contributed by atoms with E-state index in [-0.39, 0.29) is 12.2 Å². The van der Waals surface area contributed by atoms with Crippen molar-refractivity contribution in [2.45, 2.75) is 26.9 Å². The number of rotatable bonds is 7. The van der Waals surface area contributed by atoms with Crippen molar-refractivity contribution in [2.75, 3.05) is 11.9 Å². The molecule has 0 fully saturated rings. The fourth-order valence-electron chi connectivity index (χ4n) is 2.31. The highest BCUT2D eigenvalue weighted by molar-refractivity contribution is 5.97. The first-order valence-electron chi connectivity index (χ1n) is 8.36. The first-order valence-corrected chi connectivity index (χ1v) is 8.36. The molecule has 142 valence electrons. The van der Waals surface area contributed by atoms with Gasteiger partial charge in [-0.3, -0.25) is 9.59 Å². The number of hydrogen-bond acceptors (Lipinski definition) is 5. The number of aryl methyl sites for hydroxylation is 2. The third-order valence-electron chi connectivity index (χ3n) is 3.76. The number of carbonyl (C=O) groups is 3. The number of nitrogens with two attached hydrogens (primary N) is 1. The zero-order valence-corrected chi connectivity index (χ0v) is 15.4. The average Bonchev–Trinajstić information content (AvgIpc) is 2.62. The molecule has 0 aliphatic carbocycles. The number of ether oxygens (including phenoxy) is 2. The lowest BCUT2D eigenvalue weighted by Gasteiger charge is -2.15. The third kappa shape index (κ3) is 5.85. The molecule has 0 bridgehead atoms. The molecule has 1 atom stereocenters. The molecule has 7 nitrogen and oxygen atoms in total. The molecule has 2 aromatic carbocycles. The van der Waals surface area contributed by atoms with Gasteiger partial charge in [-0.25, -0.2) is 4.79 Å². The van der Waals surface area contributed by atoms with Crippen LogP contribution in [0.4, 0.5) is 5.69 Å². The molecule has 3 N–H and O–H groups in total. The molecule has 0 aliphatic heterocycles. The Morgan fingerprint density at radius 2 is 1.74 bits per heavy atom. The molecular weight excluding hydrogens is 348 g/mol. The maximum atomic E-state index is 12.3. The largest absolute Gasteiger partial charge is 0.484 e. The van der Waals surface area contributed by atoms with Gasteiger partial charge in [-0.15, -0.1) is 0 Å². The fourth-order valence-corrected chi connectivity index (χ4v) is 2.31. The van der Waals surface area contributed by atoms with Crippen LogP contribution in [-0.2, 0) is 14.3 Å². The number of amides is 2. The Bertz CT molecular complexity index is 846. The number of carbonyl (C=O) groups excluding carboxylic acids is 3. The highest BCUT2D eigenvalue weighted by Gasteiger charge is 2.19. The summed E-state index contributed by atoms with van der Waals surface area (Å²) in [5.41, 5.74) is 7.94. The van der Waals surface area contributed by atoms with E-state index in [1.54, 1.807) is 0 Å². The number of anilines is 1. The van der Waals surface area contributed by atoms with Crippen LogP contribution in [0.1, 0.15) is 28.4 Å². The average molecular weight is 370 g/mol. The molecular formula is C20H22N2O5. The maximum Gasteiger partial charge on any atom is 0.338 e. The molecule has 0 unspecified atom stereocenters. The first-order chi connectivity index (χ1) is 12.8. The van der Waals surface area contributed by atoms with Crippen LogP contribution in [0.15, 0.2) is 42.5 Å². The van der Waals surface area contributed by atoms with Crippen molar-refractivity contribution in [1.82, 2.24) is 0 Å². The summed E-state index contributed by atoms with van der Waals surface area (Å²) in [7, 11) is 0. The Kier molecular flexibility index (Phi) is 6.54. The van der Waals surface area contributed by atoms with Gasteiger partial charge >= 0.3 is 5.97 Å². The van der Waals surface area contributed by atoms with Crippen LogP contribution in [0.3, 0.4) is 0 Å². The fraction of sp³-hybridized carbons (Fsp3) is 0.250. The van der Waals surface area contributed by atoms with Gasteiger partial charge in [0.1, 0.15) is 5.75 Å². The van der Waals surface area contributed by atoms with E-state index in [1.807, 2.05) is 32.0 Å². The molecule has 2 amide bonds. The highest BCUT2D eigenvalue weighted by Crippen LogP contribution is 2.17. The molecule has 0 saturated heterocycles. The minimum Gasteiger partial charge on any atom is -0.484 e. The SMILES string of the molecule is Cc1ccc(NC(=O)[C@@H](C)OC(=O)c2ccc(OCC(N)=O)cc2)c(C)c1. The zero-order chi connectivity index (χ0) is 20.0. The van der Waals surface area contributed by atoms with Crippen molar-refractivity contribution >= 4 is 23.5 Å². The van der Waals surface area contributed by atoms with E-state index < -0.39 is 23.9 Å². The summed E-state index contributed by atoms with van der Waals surface area (Å²) in [6, 6.07) is 11.6. The number of hydrogen-bond donors (Lipinski definition) is 2. The van der Waals surface area contributed by atoms with Gasteiger partial charge in [-0.1, -0.05) is 17.7 Å². The first kappa shape index (κ1) is 20.0. The number of benzene rings is 2. The van der Waals surface area contributed by atoms with E-state index in [1.165, 1.54) is 31.2 Å². The standard InChI is InChI=1S/C20H22N2O5/c1-12-4-9-17(13(2)10-12)22-19(24)14(3)27-20(25)15-5-7-16(8-6-15)26-11-18(21)23/h4-10,14H,11H2,1-3H3,(H2,21,23)(H,22,24)/t14-/m1/s1. The Balaban J connectivity index is 1.93. The van der Waals surface area contributed by atoms with Crippen molar-refractivity contribution in [3.63, 3.8) is 0 Å². The summed E-state index contributed by atoms with van der Waals surface area (Å²) in [6.45, 7) is 5.11. The lowest BCUT2D eigenvalue weighted by Crippen LogP contribution is -2.30. The lowest BCUT2D eigenvalue weighted by atomic mass is 10.1. The van der Waals surface area contributed by atoms with Gasteiger partial charge in [-0.2, -0.15) is 0 Å². The second-order valence-electron chi connectivity index (χ2n) is 6.13. The van der Waals surface area contributed by atoms with Crippen LogP contribution in [-0.4, -0.2) is 30.5 Å². The third-order valence-corrected chi connectivity index (χ3v) is 3.76. The van der Waals surface area contributed by atoms with E-state index in [4.69, 9.17) is 15.2 Å². The molecule has 0 saturated carbocycles.